The van der Waals surface area contributed by atoms with Gasteiger partial charge in [0.2, 0.25) is 5.91 Å². The van der Waals surface area contributed by atoms with E-state index in [9.17, 15) is 4.79 Å². The van der Waals surface area contributed by atoms with E-state index in [0.29, 0.717) is 12.5 Å². The first kappa shape index (κ1) is 18.4. The van der Waals surface area contributed by atoms with Crippen LogP contribution in [0.1, 0.15) is 24.4 Å². The van der Waals surface area contributed by atoms with Gasteiger partial charge in [-0.2, -0.15) is 0 Å². The van der Waals surface area contributed by atoms with Gasteiger partial charge < -0.3 is 19.1 Å². The molecule has 0 bridgehead atoms. The van der Waals surface area contributed by atoms with Gasteiger partial charge >= 0.3 is 0 Å². The number of para-hydroxylation sites is 1. The Morgan fingerprint density at radius 3 is 2.75 bits per heavy atom. The van der Waals surface area contributed by atoms with E-state index in [0.717, 1.165) is 58.0 Å². The predicted octanol–water partition coefficient (Wildman–Crippen LogP) is 1.95. The number of ether oxygens (including phenoxy) is 3. The summed E-state index contributed by atoms with van der Waals surface area (Å²) in [5, 5.41) is 0. The number of likely N-dealkylation sites (tertiary alicyclic amines) is 2. The highest BCUT2D eigenvalue weighted by Gasteiger charge is 2.51. The minimum absolute atomic E-state index is 0.0102. The molecule has 6 nitrogen and oxygen atoms in total. The van der Waals surface area contributed by atoms with Crippen molar-refractivity contribution in [3.8, 4) is 5.75 Å². The zero-order chi connectivity index (χ0) is 19.1. The van der Waals surface area contributed by atoms with Crippen LogP contribution in [0.3, 0.4) is 0 Å². The Labute approximate surface area is 166 Å². The first-order valence-corrected chi connectivity index (χ1v) is 10.6. The minimum Gasteiger partial charge on any atom is -0.493 e. The van der Waals surface area contributed by atoms with Crippen LogP contribution < -0.4 is 4.74 Å². The van der Waals surface area contributed by atoms with E-state index in [1.165, 1.54) is 5.56 Å². The van der Waals surface area contributed by atoms with Crippen molar-refractivity contribution in [2.45, 2.75) is 25.0 Å². The molecule has 0 unspecified atom stereocenters. The number of rotatable bonds is 4. The third-order valence-corrected chi connectivity index (χ3v) is 7.06. The Bertz CT molecular complexity index is 714. The number of hydrogen-bond acceptors (Lipinski definition) is 5. The van der Waals surface area contributed by atoms with Crippen molar-refractivity contribution in [2.75, 3.05) is 53.1 Å². The molecule has 28 heavy (non-hydrogen) atoms. The molecule has 3 saturated heterocycles. The van der Waals surface area contributed by atoms with Crippen molar-refractivity contribution >= 4 is 5.91 Å². The molecule has 0 saturated carbocycles. The second-order valence-electron chi connectivity index (χ2n) is 8.67. The number of benzene rings is 1. The molecule has 3 fully saturated rings. The fourth-order valence-electron chi connectivity index (χ4n) is 5.38. The number of carbonyl (C=O) groups excluding carboxylic acids is 1. The van der Waals surface area contributed by atoms with Crippen LogP contribution >= 0.6 is 0 Å². The summed E-state index contributed by atoms with van der Waals surface area (Å²) in [4.78, 5) is 17.8. The number of hydrogen-bond donors (Lipinski definition) is 0. The monoisotopic (exact) mass is 386 g/mol. The number of amides is 1. The summed E-state index contributed by atoms with van der Waals surface area (Å²) in [7, 11) is 1.72. The van der Waals surface area contributed by atoms with E-state index in [4.69, 9.17) is 14.2 Å². The molecule has 4 aliphatic rings. The smallest absolute Gasteiger partial charge is 0.227 e. The third kappa shape index (κ3) is 3.21. The zero-order valence-electron chi connectivity index (χ0n) is 16.6. The van der Waals surface area contributed by atoms with E-state index < -0.39 is 0 Å². The molecule has 4 heterocycles. The summed E-state index contributed by atoms with van der Waals surface area (Å²) in [6, 6.07) is 8.64. The highest BCUT2D eigenvalue weighted by Crippen LogP contribution is 2.48. The van der Waals surface area contributed by atoms with Crippen molar-refractivity contribution in [3.05, 3.63) is 29.8 Å². The van der Waals surface area contributed by atoms with Gasteiger partial charge in [0.15, 0.2) is 0 Å². The maximum Gasteiger partial charge on any atom is 0.227 e. The SMILES string of the molecule is COC1CN(C(=O)[C@@H]2CN(CC3CCOCC3)[C@H]3c4ccccc4OC[C@@H]23)C1. The molecule has 0 aromatic heterocycles. The fraction of sp³-hybridized carbons (Fsp3) is 0.682. The number of nitrogens with zero attached hydrogens (tertiary/aromatic N) is 2. The average molecular weight is 386 g/mol. The summed E-state index contributed by atoms with van der Waals surface area (Å²) < 4.78 is 17.0. The molecular formula is C22H30N2O4. The molecule has 0 spiro atoms. The van der Waals surface area contributed by atoms with Crippen LogP contribution in [-0.2, 0) is 14.3 Å². The lowest BCUT2D eigenvalue weighted by molar-refractivity contribution is -0.148. The maximum absolute atomic E-state index is 13.3. The summed E-state index contributed by atoms with van der Waals surface area (Å²) >= 11 is 0. The molecule has 0 aliphatic carbocycles. The highest BCUT2D eigenvalue weighted by molar-refractivity contribution is 5.81. The van der Waals surface area contributed by atoms with Gasteiger partial charge in [-0.1, -0.05) is 18.2 Å². The lowest BCUT2D eigenvalue weighted by Gasteiger charge is -2.41. The average Bonchev–Trinajstić information content (AvgIpc) is 3.07. The van der Waals surface area contributed by atoms with Crippen molar-refractivity contribution in [1.82, 2.24) is 9.80 Å². The first-order valence-electron chi connectivity index (χ1n) is 10.6. The lowest BCUT2D eigenvalue weighted by atomic mass is 9.84. The Kier molecular flexibility index (Phi) is 5.03. The topological polar surface area (TPSA) is 51.2 Å². The zero-order valence-corrected chi connectivity index (χ0v) is 16.6. The van der Waals surface area contributed by atoms with Crippen LogP contribution in [0.2, 0.25) is 0 Å². The Balaban J connectivity index is 1.38. The van der Waals surface area contributed by atoms with Crippen molar-refractivity contribution in [2.24, 2.45) is 17.8 Å². The van der Waals surface area contributed by atoms with Crippen LogP contribution in [0.4, 0.5) is 0 Å². The number of carbonyl (C=O) groups is 1. The second kappa shape index (κ2) is 7.65. The quantitative estimate of drug-likeness (QED) is 0.792. The van der Waals surface area contributed by atoms with E-state index >= 15 is 0 Å². The van der Waals surface area contributed by atoms with Gasteiger partial charge in [0.05, 0.1) is 18.6 Å². The lowest BCUT2D eigenvalue weighted by Crippen LogP contribution is -2.57. The number of fused-ring (bicyclic) bond motifs is 3. The molecule has 1 amide bonds. The number of methoxy groups -OCH3 is 1. The normalized spacial score (nSPS) is 31.0. The van der Waals surface area contributed by atoms with Crippen molar-refractivity contribution in [1.29, 1.82) is 0 Å². The molecule has 6 heteroatoms. The fourth-order valence-corrected chi connectivity index (χ4v) is 5.38. The predicted molar refractivity (Wildman–Crippen MR) is 104 cm³/mol. The van der Waals surface area contributed by atoms with Crippen molar-refractivity contribution in [3.63, 3.8) is 0 Å². The Morgan fingerprint density at radius 2 is 1.96 bits per heavy atom. The summed E-state index contributed by atoms with van der Waals surface area (Å²) in [5.74, 6) is 2.15. The van der Waals surface area contributed by atoms with Crippen LogP contribution in [0.15, 0.2) is 24.3 Å². The van der Waals surface area contributed by atoms with Gasteiger partial charge in [0.1, 0.15) is 5.75 Å². The van der Waals surface area contributed by atoms with E-state index in [-0.39, 0.29) is 29.9 Å². The van der Waals surface area contributed by atoms with Gasteiger partial charge in [-0.25, -0.2) is 0 Å². The molecule has 5 rings (SSSR count). The van der Waals surface area contributed by atoms with Crippen LogP contribution in [0, 0.1) is 17.8 Å². The van der Waals surface area contributed by atoms with Gasteiger partial charge in [0, 0.05) is 64.0 Å². The third-order valence-electron chi connectivity index (χ3n) is 7.06. The van der Waals surface area contributed by atoms with Gasteiger partial charge in [0.25, 0.3) is 0 Å². The summed E-state index contributed by atoms with van der Waals surface area (Å²) in [5.41, 5.74) is 1.25. The molecule has 3 atom stereocenters. The van der Waals surface area contributed by atoms with Gasteiger partial charge in [-0.3, -0.25) is 9.69 Å². The van der Waals surface area contributed by atoms with Gasteiger partial charge in [-0.05, 0) is 24.8 Å². The van der Waals surface area contributed by atoms with Crippen LogP contribution in [0.5, 0.6) is 5.75 Å². The molecular weight excluding hydrogens is 356 g/mol. The summed E-state index contributed by atoms with van der Waals surface area (Å²) in [6.45, 7) is 5.67. The Hall–Kier alpha value is -1.63. The molecule has 1 aromatic carbocycles. The molecule has 4 aliphatic heterocycles. The minimum atomic E-state index is 0.0102. The molecule has 0 radical (unpaired) electrons. The summed E-state index contributed by atoms with van der Waals surface area (Å²) in [6.07, 6.45) is 2.43. The van der Waals surface area contributed by atoms with E-state index in [1.54, 1.807) is 7.11 Å². The Morgan fingerprint density at radius 1 is 1.18 bits per heavy atom. The van der Waals surface area contributed by atoms with Crippen LogP contribution in [0.25, 0.3) is 0 Å². The van der Waals surface area contributed by atoms with Crippen LogP contribution in [-0.4, -0.2) is 74.9 Å². The van der Waals surface area contributed by atoms with Gasteiger partial charge in [-0.15, -0.1) is 0 Å². The maximum atomic E-state index is 13.3. The second-order valence-corrected chi connectivity index (χ2v) is 8.67. The molecule has 1 aromatic rings. The van der Waals surface area contributed by atoms with Crippen molar-refractivity contribution < 1.29 is 19.0 Å². The van der Waals surface area contributed by atoms with E-state index in [1.807, 2.05) is 11.0 Å². The first-order chi connectivity index (χ1) is 13.7. The highest BCUT2D eigenvalue weighted by atomic mass is 16.5. The molecule has 152 valence electrons. The largest absolute Gasteiger partial charge is 0.493 e. The molecule has 0 N–H and O–H groups in total. The van der Waals surface area contributed by atoms with E-state index in [2.05, 4.69) is 23.1 Å². The standard InChI is InChI=1S/C22H30N2O4/c1-26-16-11-24(12-16)22(25)18-13-23(10-15-6-8-27-9-7-15)21-17-4-2-3-5-20(17)28-14-19(18)21/h2-5,15-16,18-19,21H,6-14H2,1H3/t18-,19+,21+/m1/s1.